The fourth-order valence-corrected chi connectivity index (χ4v) is 4.48. The minimum Gasteiger partial charge on any atom is -0.308 e. The Morgan fingerprint density at radius 2 is 1.64 bits per heavy atom. The van der Waals surface area contributed by atoms with Gasteiger partial charge in [-0.3, -0.25) is 24.4 Å². The fourth-order valence-electron chi connectivity index (χ4n) is 4.48. The molecule has 0 saturated heterocycles. The minimum atomic E-state index is -0.641. The van der Waals surface area contributed by atoms with Crippen molar-refractivity contribution in [2.45, 2.75) is 19.9 Å². The number of anilines is 2. The summed E-state index contributed by atoms with van der Waals surface area (Å²) in [7, 11) is 0. The number of halogens is 1. The lowest BCUT2D eigenvalue weighted by atomic mass is 10.1. The fraction of sp³-hybridized carbons (Fsp3) is 0.133. The third-order valence-corrected chi connectivity index (χ3v) is 6.35. The van der Waals surface area contributed by atoms with Crippen LogP contribution in [0, 0.1) is 5.82 Å². The minimum absolute atomic E-state index is 0.146. The molecule has 0 spiro atoms. The summed E-state index contributed by atoms with van der Waals surface area (Å²) in [5, 5.41) is 7.96. The Bertz CT molecular complexity index is 1590. The number of carbonyl (C=O) groups excluding carboxylic acids is 3. The van der Waals surface area contributed by atoms with Crippen molar-refractivity contribution < 1.29 is 18.8 Å². The molecule has 196 valence electrons. The van der Waals surface area contributed by atoms with Crippen molar-refractivity contribution in [2.24, 2.45) is 0 Å². The largest absolute Gasteiger partial charge is 0.308 e. The number of aromatic nitrogens is 2. The Balaban J connectivity index is 1.54. The van der Waals surface area contributed by atoms with E-state index >= 15 is 0 Å². The van der Waals surface area contributed by atoms with Crippen LogP contribution >= 0.6 is 0 Å². The molecule has 0 bridgehead atoms. The summed E-state index contributed by atoms with van der Waals surface area (Å²) in [6.07, 6.45) is 4.35. The molecule has 2 heterocycles. The molecule has 0 unspecified atom stereocenters. The predicted molar refractivity (Wildman–Crippen MR) is 148 cm³/mol. The van der Waals surface area contributed by atoms with E-state index < -0.39 is 17.6 Å². The van der Waals surface area contributed by atoms with Gasteiger partial charge in [0.25, 0.3) is 11.8 Å². The monoisotopic (exact) mass is 523 g/mol. The number of nitrogens with zero attached hydrogens (tertiary/aromatic N) is 4. The van der Waals surface area contributed by atoms with E-state index in [4.69, 9.17) is 0 Å². The van der Waals surface area contributed by atoms with Crippen molar-refractivity contribution in [2.75, 3.05) is 16.3 Å². The topological polar surface area (TPSA) is 89.6 Å². The zero-order valence-electron chi connectivity index (χ0n) is 21.4. The molecule has 0 radical (unpaired) electrons. The van der Waals surface area contributed by atoms with E-state index in [1.165, 1.54) is 57.4 Å². The van der Waals surface area contributed by atoms with E-state index in [1.54, 1.807) is 24.3 Å². The second kappa shape index (κ2) is 10.7. The quantitative estimate of drug-likeness (QED) is 0.288. The van der Waals surface area contributed by atoms with Gasteiger partial charge in [-0.1, -0.05) is 36.4 Å². The van der Waals surface area contributed by atoms with E-state index in [0.717, 1.165) is 10.9 Å². The summed E-state index contributed by atoms with van der Waals surface area (Å²) in [4.78, 5) is 45.1. The van der Waals surface area contributed by atoms with E-state index in [9.17, 15) is 18.8 Å². The van der Waals surface area contributed by atoms with Crippen molar-refractivity contribution in [3.8, 4) is 0 Å². The Labute approximate surface area is 224 Å². The van der Waals surface area contributed by atoms with Gasteiger partial charge in [0.1, 0.15) is 17.9 Å². The van der Waals surface area contributed by atoms with Crippen LogP contribution in [-0.4, -0.2) is 45.4 Å². The number of nitrogens with one attached hydrogen (secondary N) is 1. The SMILES string of the molecule is CC(C)N(C(=O)CN1C=CN(c2ccccc2)C(=O)/C(=C/c2n[nH]c3ccccc23)C1=O)c1ccc(F)cc1. The van der Waals surface area contributed by atoms with Gasteiger partial charge in [-0.15, -0.1) is 0 Å². The molecule has 9 heteroatoms. The van der Waals surface area contributed by atoms with Crippen LogP contribution in [0.25, 0.3) is 17.0 Å². The summed E-state index contributed by atoms with van der Waals surface area (Å²) in [6.45, 7) is 3.32. The van der Waals surface area contributed by atoms with Crippen LogP contribution in [0.15, 0.2) is 96.8 Å². The number of H-pyrrole nitrogens is 1. The highest BCUT2D eigenvalue weighted by molar-refractivity contribution is 6.28. The molecule has 1 aliphatic heterocycles. The number of amides is 3. The molecule has 1 aromatic heterocycles. The number of para-hydroxylation sites is 2. The maximum Gasteiger partial charge on any atom is 0.268 e. The summed E-state index contributed by atoms with van der Waals surface area (Å²) in [6, 6.07) is 21.6. The van der Waals surface area contributed by atoms with Crippen molar-refractivity contribution in [3.63, 3.8) is 0 Å². The van der Waals surface area contributed by atoms with Crippen molar-refractivity contribution in [1.29, 1.82) is 0 Å². The molecule has 4 aromatic rings. The number of carbonyl (C=O) groups is 3. The number of aromatic amines is 1. The lowest BCUT2D eigenvalue weighted by Gasteiger charge is -2.29. The lowest BCUT2D eigenvalue weighted by Crippen LogP contribution is -2.44. The van der Waals surface area contributed by atoms with Gasteiger partial charge in [0.05, 0.1) is 11.2 Å². The van der Waals surface area contributed by atoms with Crippen LogP contribution in [0.5, 0.6) is 0 Å². The highest BCUT2D eigenvalue weighted by Gasteiger charge is 2.33. The van der Waals surface area contributed by atoms with Crippen LogP contribution < -0.4 is 9.80 Å². The molecule has 0 saturated carbocycles. The van der Waals surface area contributed by atoms with Gasteiger partial charge in [0, 0.05) is 35.2 Å². The predicted octanol–water partition coefficient (Wildman–Crippen LogP) is 4.87. The van der Waals surface area contributed by atoms with Crippen LogP contribution in [-0.2, 0) is 14.4 Å². The summed E-state index contributed by atoms with van der Waals surface area (Å²) in [5.74, 6) is -2.00. The van der Waals surface area contributed by atoms with Gasteiger partial charge in [0.2, 0.25) is 5.91 Å². The van der Waals surface area contributed by atoms with Crippen LogP contribution in [0.1, 0.15) is 19.5 Å². The summed E-state index contributed by atoms with van der Waals surface area (Å²) < 4.78 is 13.5. The smallest absolute Gasteiger partial charge is 0.268 e. The molecule has 1 N–H and O–H groups in total. The Morgan fingerprint density at radius 3 is 2.36 bits per heavy atom. The van der Waals surface area contributed by atoms with Gasteiger partial charge >= 0.3 is 0 Å². The molecule has 3 aromatic carbocycles. The van der Waals surface area contributed by atoms with Gasteiger partial charge in [-0.25, -0.2) is 4.39 Å². The number of hydrogen-bond acceptors (Lipinski definition) is 4. The zero-order valence-corrected chi connectivity index (χ0v) is 21.4. The second-order valence-electron chi connectivity index (χ2n) is 9.29. The van der Waals surface area contributed by atoms with Crippen LogP contribution in [0.4, 0.5) is 15.8 Å². The summed E-state index contributed by atoms with van der Waals surface area (Å²) in [5.41, 5.74) is 2.11. The molecule has 0 atom stereocenters. The molecule has 1 aliphatic rings. The molecular weight excluding hydrogens is 497 g/mol. The molecule has 3 amide bonds. The number of hydrogen-bond donors (Lipinski definition) is 1. The standard InChI is InChI=1S/C30H26FN5O3/c1-20(2)36(23-14-12-21(31)13-15-23)28(37)19-34-16-17-35(22-8-4-3-5-9-22)30(39)25(29(34)38)18-27-24-10-6-7-11-26(24)32-33-27/h3-18,20H,19H2,1-2H3,(H,32,33)/b25-18+. The van der Waals surface area contributed by atoms with Crippen molar-refractivity contribution in [3.05, 3.63) is 108 Å². The molecule has 5 rings (SSSR count). The number of fused-ring (bicyclic) bond motifs is 1. The highest BCUT2D eigenvalue weighted by atomic mass is 19.1. The van der Waals surface area contributed by atoms with Gasteiger partial charge in [-0.05, 0) is 62.4 Å². The van der Waals surface area contributed by atoms with Gasteiger partial charge in [-0.2, -0.15) is 5.10 Å². The van der Waals surface area contributed by atoms with E-state index in [-0.39, 0.29) is 24.1 Å². The average molecular weight is 524 g/mol. The zero-order chi connectivity index (χ0) is 27.5. The lowest BCUT2D eigenvalue weighted by molar-refractivity contribution is -0.131. The number of benzene rings is 3. The molecule has 0 aliphatic carbocycles. The van der Waals surface area contributed by atoms with Gasteiger partial charge in [0.15, 0.2) is 0 Å². The Kier molecular flexibility index (Phi) is 7.05. The molecule has 8 nitrogen and oxygen atoms in total. The Morgan fingerprint density at radius 1 is 0.949 bits per heavy atom. The third-order valence-electron chi connectivity index (χ3n) is 6.35. The maximum absolute atomic E-state index is 13.8. The first kappa shape index (κ1) is 25.6. The summed E-state index contributed by atoms with van der Waals surface area (Å²) >= 11 is 0. The highest BCUT2D eigenvalue weighted by Crippen LogP contribution is 2.25. The average Bonchev–Trinajstić information content (AvgIpc) is 3.30. The first-order valence-electron chi connectivity index (χ1n) is 12.4. The van der Waals surface area contributed by atoms with E-state index in [0.29, 0.717) is 17.1 Å². The first-order valence-corrected chi connectivity index (χ1v) is 12.4. The van der Waals surface area contributed by atoms with Gasteiger partial charge < -0.3 is 9.80 Å². The normalized spacial score (nSPS) is 14.9. The van der Waals surface area contributed by atoms with Crippen LogP contribution in [0.3, 0.4) is 0 Å². The Hall–Kier alpha value is -5.05. The van der Waals surface area contributed by atoms with E-state index in [1.807, 2.05) is 44.2 Å². The number of rotatable bonds is 6. The van der Waals surface area contributed by atoms with Crippen LogP contribution in [0.2, 0.25) is 0 Å². The first-order chi connectivity index (χ1) is 18.8. The maximum atomic E-state index is 13.8. The molecular formula is C30H26FN5O3. The van der Waals surface area contributed by atoms with Crippen molar-refractivity contribution in [1.82, 2.24) is 15.1 Å². The molecule has 0 fully saturated rings. The second-order valence-corrected chi connectivity index (χ2v) is 9.29. The van der Waals surface area contributed by atoms with E-state index in [2.05, 4.69) is 10.2 Å². The van der Waals surface area contributed by atoms with Crippen molar-refractivity contribution >= 4 is 46.1 Å². The third kappa shape index (κ3) is 5.19. The molecule has 39 heavy (non-hydrogen) atoms.